The highest BCUT2D eigenvalue weighted by molar-refractivity contribution is 5.97. The van der Waals surface area contributed by atoms with E-state index in [0.717, 1.165) is 12.1 Å². The summed E-state index contributed by atoms with van der Waals surface area (Å²) in [5.41, 5.74) is -1.50. The van der Waals surface area contributed by atoms with Crippen molar-refractivity contribution in [3.05, 3.63) is 35.4 Å². The predicted octanol–water partition coefficient (Wildman–Crippen LogP) is 1.26. The molecule has 2 rings (SSSR count). The standard InChI is InChI=1S/C15H18F3N3O2/c1-10-9-21(7-6-19-10)13(22)8-20-14(23)11-4-2-3-5-12(11)15(16,17)18/h2-5,10,19H,6-9H2,1H3,(H,20,23). The highest BCUT2D eigenvalue weighted by atomic mass is 19.4. The Morgan fingerprint density at radius 3 is 2.70 bits per heavy atom. The number of halogens is 3. The molecule has 1 aromatic rings. The second-order valence-corrected chi connectivity index (χ2v) is 5.42. The molecule has 1 unspecified atom stereocenters. The molecule has 1 aromatic carbocycles. The van der Waals surface area contributed by atoms with E-state index in [9.17, 15) is 22.8 Å². The van der Waals surface area contributed by atoms with Crippen molar-refractivity contribution < 1.29 is 22.8 Å². The van der Waals surface area contributed by atoms with Gasteiger partial charge in [-0.1, -0.05) is 12.1 Å². The van der Waals surface area contributed by atoms with Gasteiger partial charge < -0.3 is 15.5 Å². The van der Waals surface area contributed by atoms with E-state index < -0.39 is 23.2 Å². The van der Waals surface area contributed by atoms with Gasteiger partial charge in [-0.2, -0.15) is 13.2 Å². The Morgan fingerprint density at radius 1 is 1.35 bits per heavy atom. The molecule has 2 N–H and O–H groups in total. The van der Waals surface area contributed by atoms with E-state index in [0.29, 0.717) is 19.6 Å². The fourth-order valence-corrected chi connectivity index (χ4v) is 2.45. The Bertz CT molecular complexity index is 590. The topological polar surface area (TPSA) is 61.4 Å². The van der Waals surface area contributed by atoms with Gasteiger partial charge in [0.2, 0.25) is 5.91 Å². The Hall–Kier alpha value is -2.09. The van der Waals surface area contributed by atoms with Gasteiger partial charge in [0.25, 0.3) is 5.91 Å². The van der Waals surface area contributed by atoms with Crippen molar-refractivity contribution in [3.8, 4) is 0 Å². The van der Waals surface area contributed by atoms with Gasteiger partial charge in [0, 0.05) is 25.7 Å². The first-order chi connectivity index (χ1) is 10.8. The number of hydrogen-bond acceptors (Lipinski definition) is 3. The number of benzene rings is 1. The molecule has 23 heavy (non-hydrogen) atoms. The molecule has 0 spiro atoms. The van der Waals surface area contributed by atoms with E-state index in [4.69, 9.17) is 0 Å². The maximum Gasteiger partial charge on any atom is 0.417 e. The lowest BCUT2D eigenvalue weighted by Crippen LogP contribution is -2.53. The van der Waals surface area contributed by atoms with E-state index in [-0.39, 0.29) is 18.5 Å². The molecule has 1 aliphatic rings. The number of nitrogens with one attached hydrogen (secondary N) is 2. The van der Waals surface area contributed by atoms with E-state index in [1.54, 1.807) is 4.90 Å². The van der Waals surface area contributed by atoms with Crippen molar-refractivity contribution in [2.45, 2.75) is 19.1 Å². The minimum absolute atomic E-state index is 0.148. The van der Waals surface area contributed by atoms with Crippen LogP contribution in [0.4, 0.5) is 13.2 Å². The Kier molecular flexibility index (Phi) is 5.25. The molecule has 1 atom stereocenters. The summed E-state index contributed by atoms with van der Waals surface area (Å²) in [5.74, 6) is -1.22. The zero-order valence-electron chi connectivity index (χ0n) is 12.6. The van der Waals surface area contributed by atoms with Gasteiger partial charge >= 0.3 is 6.18 Å². The first-order valence-corrected chi connectivity index (χ1v) is 7.24. The van der Waals surface area contributed by atoms with Crippen LogP contribution in [-0.2, 0) is 11.0 Å². The van der Waals surface area contributed by atoms with Crippen LogP contribution in [0.2, 0.25) is 0 Å². The number of piperazine rings is 1. The quantitative estimate of drug-likeness (QED) is 0.878. The monoisotopic (exact) mass is 329 g/mol. The summed E-state index contributed by atoms with van der Waals surface area (Å²) < 4.78 is 38.6. The SMILES string of the molecule is CC1CN(C(=O)CNC(=O)c2ccccc2C(F)(F)F)CCN1. The molecule has 1 saturated heterocycles. The highest BCUT2D eigenvalue weighted by Crippen LogP contribution is 2.31. The van der Waals surface area contributed by atoms with Gasteiger partial charge in [0.15, 0.2) is 0 Å². The summed E-state index contributed by atoms with van der Waals surface area (Å²) in [6, 6.07) is 4.65. The maximum atomic E-state index is 12.9. The normalized spacial score (nSPS) is 18.6. The number of amides is 2. The molecule has 1 heterocycles. The van der Waals surface area contributed by atoms with Crippen LogP contribution in [0.5, 0.6) is 0 Å². The minimum atomic E-state index is -4.62. The Morgan fingerprint density at radius 2 is 2.04 bits per heavy atom. The van der Waals surface area contributed by atoms with E-state index in [1.807, 2.05) is 6.92 Å². The first kappa shape index (κ1) is 17.3. The van der Waals surface area contributed by atoms with E-state index in [1.165, 1.54) is 12.1 Å². The average Bonchev–Trinajstić information content (AvgIpc) is 2.51. The molecule has 0 bridgehead atoms. The van der Waals surface area contributed by atoms with Crippen molar-refractivity contribution in [2.75, 3.05) is 26.2 Å². The van der Waals surface area contributed by atoms with E-state index >= 15 is 0 Å². The van der Waals surface area contributed by atoms with Crippen LogP contribution in [0.3, 0.4) is 0 Å². The second kappa shape index (κ2) is 6.99. The summed E-state index contributed by atoms with van der Waals surface area (Å²) in [7, 11) is 0. The van der Waals surface area contributed by atoms with Crippen LogP contribution < -0.4 is 10.6 Å². The first-order valence-electron chi connectivity index (χ1n) is 7.24. The van der Waals surface area contributed by atoms with Gasteiger partial charge in [-0.15, -0.1) is 0 Å². The van der Waals surface area contributed by atoms with Gasteiger partial charge in [0.05, 0.1) is 17.7 Å². The summed E-state index contributed by atoms with van der Waals surface area (Å²) in [6.07, 6.45) is -4.62. The number of alkyl halides is 3. The zero-order chi connectivity index (χ0) is 17.0. The molecule has 1 aliphatic heterocycles. The van der Waals surface area contributed by atoms with Crippen LogP contribution in [0.15, 0.2) is 24.3 Å². The third kappa shape index (κ3) is 4.44. The van der Waals surface area contributed by atoms with Crippen molar-refractivity contribution in [1.82, 2.24) is 15.5 Å². The number of rotatable bonds is 3. The van der Waals surface area contributed by atoms with Gasteiger partial charge in [-0.05, 0) is 19.1 Å². The largest absolute Gasteiger partial charge is 0.417 e. The van der Waals surface area contributed by atoms with Crippen molar-refractivity contribution in [2.24, 2.45) is 0 Å². The molecule has 0 aliphatic carbocycles. The summed E-state index contributed by atoms with van der Waals surface area (Å²) in [4.78, 5) is 25.6. The van der Waals surface area contributed by atoms with Crippen LogP contribution in [-0.4, -0.2) is 48.9 Å². The highest BCUT2D eigenvalue weighted by Gasteiger charge is 2.35. The molecule has 8 heteroatoms. The molecule has 1 fully saturated rings. The van der Waals surface area contributed by atoms with Gasteiger partial charge in [-0.25, -0.2) is 0 Å². The van der Waals surface area contributed by atoms with Crippen molar-refractivity contribution in [3.63, 3.8) is 0 Å². The minimum Gasteiger partial charge on any atom is -0.343 e. The lowest BCUT2D eigenvalue weighted by molar-refractivity contribution is -0.137. The molecular weight excluding hydrogens is 311 g/mol. The third-order valence-electron chi connectivity index (χ3n) is 3.60. The smallest absolute Gasteiger partial charge is 0.343 e. The van der Waals surface area contributed by atoms with Crippen molar-refractivity contribution >= 4 is 11.8 Å². The lowest BCUT2D eigenvalue weighted by atomic mass is 10.1. The summed E-state index contributed by atoms with van der Waals surface area (Å²) in [5, 5.41) is 5.45. The molecule has 2 amide bonds. The number of nitrogens with zero attached hydrogens (tertiary/aromatic N) is 1. The molecule has 0 aromatic heterocycles. The fraction of sp³-hybridized carbons (Fsp3) is 0.467. The van der Waals surface area contributed by atoms with Crippen LogP contribution in [0.1, 0.15) is 22.8 Å². The Labute approximate surface area is 131 Å². The average molecular weight is 329 g/mol. The maximum absolute atomic E-state index is 12.9. The molecule has 0 radical (unpaired) electrons. The fourth-order valence-electron chi connectivity index (χ4n) is 2.45. The van der Waals surface area contributed by atoms with Gasteiger partial charge in [0.1, 0.15) is 0 Å². The molecular formula is C15H18F3N3O2. The van der Waals surface area contributed by atoms with Crippen molar-refractivity contribution in [1.29, 1.82) is 0 Å². The van der Waals surface area contributed by atoms with Crippen LogP contribution in [0.25, 0.3) is 0 Å². The lowest BCUT2D eigenvalue weighted by Gasteiger charge is -2.32. The van der Waals surface area contributed by atoms with E-state index in [2.05, 4.69) is 10.6 Å². The molecule has 5 nitrogen and oxygen atoms in total. The summed E-state index contributed by atoms with van der Waals surface area (Å²) in [6.45, 7) is 3.28. The molecule has 126 valence electrons. The van der Waals surface area contributed by atoms with Gasteiger partial charge in [-0.3, -0.25) is 9.59 Å². The second-order valence-electron chi connectivity index (χ2n) is 5.42. The summed E-state index contributed by atoms with van der Waals surface area (Å²) >= 11 is 0. The predicted molar refractivity (Wildman–Crippen MR) is 77.8 cm³/mol. The third-order valence-corrected chi connectivity index (χ3v) is 3.60. The Balaban J connectivity index is 1.99. The number of hydrogen-bond donors (Lipinski definition) is 2. The number of carbonyl (C=O) groups is 2. The van der Waals surface area contributed by atoms with Crippen LogP contribution in [0, 0.1) is 0 Å². The zero-order valence-corrected chi connectivity index (χ0v) is 12.6. The van der Waals surface area contributed by atoms with Crippen LogP contribution >= 0.6 is 0 Å². The molecule has 0 saturated carbocycles. The number of carbonyl (C=O) groups excluding carboxylic acids is 2.